The first kappa shape index (κ1) is 25.7. The number of aromatic nitrogens is 3. The molecule has 1 aliphatic carbocycles. The van der Waals surface area contributed by atoms with E-state index in [1.54, 1.807) is 6.08 Å². The van der Waals surface area contributed by atoms with Crippen LogP contribution in [0.15, 0.2) is 54.2 Å². The van der Waals surface area contributed by atoms with Crippen molar-refractivity contribution >= 4 is 39.4 Å². The van der Waals surface area contributed by atoms with Crippen LogP contribution in [0.1, 0.15) is 59.7 Å². The molecule has 0 bridgehead atoms. The highest BCUT2D eigenvalue weighted by molar-refractivity contribution is 7.15. The molecule has 1 amide bonds. The topological polar surface area (TPSA) is 92.8 Å². The maximum Gasteiger partial charge on any atom is 0.268 e. The molecule has 38 heavy (non-hydrogen) atoms. The van der Waals surface area contributed by atoms with Crippen LogP contribution in [-0.2, 0) is 11.3 Å². The molecule has 1 N–H and O–H groups in total. The Morgan fingerprint density at radius 1 is 1.16 bits per heavy atom. The van der Waals surface area contributed by atoms with Crippen molar-refractivity contribution in [2.24, 2.45) is 0 Å². The van der Waals surface area contributed by atoms with Gasteiger partial charge < -0.3 is 9.30 Å². The van der Waals surface area contributed by atoms with Crippen LogP contribution in [0.3, 0.4) is 0 Å². The molecule has 0 unspecified atom stereocenters. The molecular formula is C30H31N5O2S. The number of carbonyl (C=O) groups is 1. The zero-order valence-corrected chi connectivity index (χ0v) is 22.6. The Bertz CT molecular complexity index is 1500. The van der Waals surface area contributed by atoms with Crippen LogP contribution in [0.2, 0.25) is 0 Å². The minimum absolute atomic E-state index is 0.0220. The SMILES string of the molecule is Cc1cc(C)cc(OCCn2cc(/C=C(/C#N)C(=O)Nc3nnc(C4CCCCC4)s3)c3ccccc32)c1. The van der Waals surface area contributed by atoms with Gasteiger partial charge in [-0.15, -0.1) is 10.2 Å². The van der Waals surface area contributed by atoms with Crippen molar-refractivity contribution in [1.29, 1.82) is 5.26 Å². The quantitative estimate of drug-likeness (QED) is 0.202. The summed E-state index contributed by atoms with van der Waals surface area (Å²) in [6, 6.07) is 16.2. The second-order valence-corrected chi connectivity index (χ2v) is 10.9. The largest absolute Gasteiger partial charge is 0.492 e. The fourth-order valence-electron chi connectivity index (χ4n) is 5.12. The highest BCUT2D eigenvalue weighted by Crippen LogP contribution is 2.35. The third kappa shape index (κ3) is 5.95. The molecule has 0 aliphatic heterocycles. The lowest BCUT2D eigenvalue weighted by Gasteiger charge is -2.18. The Hall–Kier alpha value is -3.96. The maximum atomic E-state index is 13.0. The molecule has 4 aromatic rings. The van der Waals surface area contributed by atoms with E-state index in [0.717, 1.165) is 40.1 Å². The van der Waals surface area contributed by atoms with Crippen LogP contribution in [0.4, 0.5) is 5.13 Å². The summed E-state index contributed by atoms with van der Waals surface area (Å²) < 4.78 is 8.11. The first-order valence-electron chi connectivity index (χ1n) is 13.1. The van der Waals surface area contributed by atoms with Gasteiger partial charge in [-0.3, -0.25) is 10.1 Å². The van der Waals surface area contributed by atoms with E-state index >= 15 is 0 Å². The van der Waals surface area contributed by atoms with Crippen LogP contribution in [0.5, 0.6) is 5.75 Å². The highest BCUT2D eigenvalue weighted by Gasteiger charge is 2.21. The number of para-hydroxylation sites is 1. The highest BCUT2D eigenvalue weighted by atomic mass is 32.1. The van der Waals surface area contributed by atoms with Crippen molar-refractivity contribution in [2.75, 3.05) is 11.9 Å². The number of rotatable bonds is 8. The number of nitriles is 1. The van der Waals surface area contributed by atoms with E-state index in [-0.39, 0.29) is 5.57 Å². The summed E-state index contributed by atoms with van der Waals surface area (Å²) in [5.41, 5.74) is 4.18. The minimum atomic E-state index is -0.478. The van der Waals surface area contributed by atoms with Crippen molar-refractivity contribution < 1.29 is 9.53 Å². The van der Waals surface area contributed by atoms with Gasteiger partial charge in [0.1, 0.15) is 29.0 Å². The number of aryl methyl sites for hydroxylation is 2. The van der Waals surface area contributed by atoms with E-state index in [1.807, 2.05) is 42.6 Å². The van der Waals surface area contributed by atoms with Gasteiger partial charge in [0.05, 0.1) is 6.54 Å². The Morgan fingerprint density at radius 2 is 1.92 bits per heavy atom. The van der Waals surface area contributed by atoms with Gasteiger partial charge in [-0.05, 0) is 62.1 Å². The van der Waals surface area contributed by atoms with E-state index in [4.69, 9.17) is 4.74 Å². The number of ether oxygens (including phenoxy) is 1. The lowest BCUT2D eigenvalue weighted by molar-refractivity contribution is -0.112. The Kier molecular flexibility index (Phi) is 7.85. The van der Waals surface area contributed by atoms with Crippen LogP contribution in [-0.4, -0.2) is 27.3 Å². The van der Waals surface area contributed by atoms with E-state index in [9.17, 15) is 10.1 Å². The molecule has 1 fully saturated rings. The molecule has 2 heterocycles. The number of carbonyl (C=O) groups excluding carboxylic acids is 1. The molecular weight excluding hydrogens is 494 g/mol. The predicted molar refractivity (Wildman–Crippen MR) is 151 cm³/mol. The summed E-state index contributed by atoms with van der Waals surface area (Å²) in [5, 5.41) is 23.4. The maximum absolute atomic E-state index is 13.0. The van der Waals surface area contributed by atoms with E-state index < -0.39 is 5.91 Å². The number of hydrogen-bond donors (Lipinski definition) is 1. The van der Waals surface area contributed by atoms with Gasteiger partial charge >= 0.3 is 0 Å². The van der Waals surface area contributed by atoms with E-state index in [2.05, 4.69) is 46.1 Å². The second kappa shape index (κ2) is 11.6. The number of nitrogens with one attached hydrogen (secondary N) is 1. The normalized spacial score (nSPS) is 14.4. The number of amides is 1. The Balaban J connectivity index is 1.31. The summed E-state index contributed by atoms with van der Waals surface area (Å²) >= 11 is 1.41. The van der Waals surface area contributed by atoms with Crippen molar-refractivity contribution in [3.8, 4) is 11.8 Å². The molecule has 0 atom stereocenters. The van der Waals surface area contributed by atoms with Crippen LogP contribution in [0.25, 0.3) is 17.0 Å². The smallest absolute Gasteiger partial charge is 0.268 e. The number of fused-ring (bicyclic) bond motifs is 1. The van der Waals surface area contributed by atoms with Gasteiger partial charge in [0, 0.05) is 28.6 Å². The Labute approximate surface area is 226 Å². The molecule has 1 aliphatic rings. The number of benzene rings is 2. The third-order valence-electron chi connectivity index (χ3n) is 6.90. The molecule has 194 valence electrons. The van der Waals surface area contributed by atoms with E-state index in [0.29, 0.717) is 24.2 Å². The molecule has 0 spiro atoms. The second-order valence-electron chi connectivity index (χ2n) is 9.87. The summed E-state index contributed by atoms with van der Waals surface area (Å²) in [5.74, 6) is 0.794. The first-order chi connectivity index (χ1) is 18.5. The molecule has 5 rings (SSSR count). The summed E-state index contributed by atoms with van der Waals surface area (Å²) in [6.45, 7) is 5.24. The Morgan fingerprint density at radius 3 is 2.68 bits per heavy atom. The standard InChI is InChI=1S/C30H31N5O2S/c1-20-14-21(2)16-25(15-20)37-13-12-35-19-24(26-10-6-7-11-27(26)35)17-23(18-31)28(36)32-30-34-33-29(38-30)22-8-4-3-5-9-22/h6-7,10-11,14-17,19,22H,3-5,8-9,12-13H2,1-2H3,(H,32,34,36)/b23-17-. The summed E-state index contributed by atoms with van der Waals surface area (Å²) in [6.07, 6.45) is 9.52. The average Bonchev–Trinajstić information content (AvgIpc) is 3.52. The van der Waals surface area contributed by atoms with Crippen LogP contribution >= 0.6 is 11.3 Å². The lowest BCUT2D eigenvalue weighted by Crippen LogP contribution is -2.13. The van der Waals surface area contributed by atoms with Gasteiger partial charge in [0.2, 0.25) is 5.13 Å². The molecule has 8 heteroatoms. The first-order valence-corrected chi connectivity index (χ1v) is 13.9. The van der Waals surface area contributed by atoms with Crippen molar-refractivity contribution in [3.63, 3.8) is 0 Å². The summed E-state index contributed by atoms with van der Waals surface area (Å²) in [4.78, 5) is 13.0. The lowest BCUT2D eigenvalue weighted by atomic mass is 9.90. The predicted octanol–water partition coefficient (Wildman–Crippen LogP) is 6.78. The van der Waals surface area contributed by atoms with Crippen molar-refractivity contribution in [1.82, 2.24) is 14.8 Å². The third-order valence-corrected chi connectivity index (χ3v) is 7.90. The molecule has 1 saturated carbocycles. The number of nitrogens with zero attached hydrogens (tertiary/aromatic N) is 4. The van der Waals surface area contributed by atoms with Crippen molar-refractivity contribution in [2.45, 2.75) is 58.4 Å². The molecule has 0 radical (unpaired) electrons. The van der Waals surface area contributed by atoms with Gasteiger partial charge in [0.15, 0.2) is 0 Å². The zero-order chi connectivity index (χ0) is 26.5. The van der Waals surface area contributed by atoms with Gasteiger partial charge in [-0.2, -0.15) is 5.26 Å². The molecule has 2 aromatic heterocycles. The number of anilines is 1. The van der Waals surface area contributed by atoms with Gasteiger partial charge in [-0.25, -0.2) is 0 Å². The zero-order valence-electron chi connectivity index (χ0n) is 21.7. The molecule has 0 saturated heterocycles. The van der Waals surface area contributed by atoms with Crippen molar-refractivity contribution in [3.05, 3.63) is 75.9 Å². The monoisotopic (exact) mass is 525 g/mol. The molecule has 7 nitrogen and oxygen atoms in total. The van der Waals surface area contributed by atoms with Crippen LogP contribution in [0, 0.1) is 25.2 Å². The van der Waals surface area contributed by atoms with E-state index in [1.165, 1.54) is 41.7 Å². The summed E-state index contributed by atoms with van der Waals surface area (Å²) in [7, 11) is 0. The van der Waals surface area contributed by atoms with Gasteiger partial charge in [-0.1, -0.05) is 54.9 Å². The fraction of sp³-hybridized carbons (Fsp3) is 0.333. The fourth-order valence-corrected chi connectivity index (χ4v) is 6.03. The minimum Gasteiger partial charge on any atom is -0.492 e. The average molecular weight is 526 g/mol. The van der Waals surface area contributed by atoms with Gasteiger partial charge in [0.25, 0.3) is 5.91 Å². The number of hydrogen-bond acceptors (Lipinski definition) is 6. The molecule has 2 aromatic carbocycles. The van der Waals surface area contributed by atoms with Crippen LogP contribution < -0.4 is 10.1 Å².